The van der Waals surface area contributed by atoms with Crippen LogP contribution in [-0.4, -0.2) is 64.8 Å². The number of anilines is 1. The number of fused-ring (bicyclic) bond motifs is 1. The van der Waals surface area contributed by atoms with Gasteiger partial charge in [-0.15, -0.1) is 0 Å². The van der Waals surface area contributed by atoms with E-state index in [0.29, 0.717) is 29.5 Å². The van der Waals surface area contributed by atoms with Crippen LogP contribution >= 0.6 is 11.3 Å². The first-order valence-electron chi connectivity index (χ1n) is 9.33. The van der Waals surface area contributed by atoms with Gasteiger partial charge in [0.2, 0.25) is 0 Å². The summed E-state index contributed by atoms with van der Waals surface area (Å²) < 4.78 is 30.9. The van der Waals surface area contributed by atoms with Gasteiger partial charge in [0.1, 0.15) is 11.3 Å². The van der Waals surface area contributed by atoms with E-state index in [1.807, 2.05) is 38.1 Å². The summed E-state index contributed by atoms with van der Waals surface area (Å²) in [6.07, 6.45) is 1.11. The second-order valence-electron chi connectivity index (χ2n) is 7.29. The van der Waals surface area contributed by atoms with Crippen molar-refractivity contribution in [3.05, 3.63) is 47.5 Å². The van der Waals surface area contributed by atoms with Crippen LogP contribution in [0.5, 0.6) is 5.75 Å². The number of rotatable bonds is 7. The summed E-state index contributed by atoms with van der Waals surface area (Å²) in [5.41, 5.74) is 1.87. The fourth-order valence-electron chi connectivity index (χ4n) is 3.07. The van der Waals surface area contributed by atoms with Crippen molar-refractivity contribution in [3.8, 4) is 5.75 Å². The van der Waals surface area contributed by atoms with Gasteiger partial charge in [0, 0.05) is 19.3 Å². The monoisotopic (exact) mass is 447 g/mol. The number of sulfone groups is 1. The SMILES string of the molecule is COc1ccc(C)c2sc(N(CCN(C)C)C(=O)c3ccccc3S(C)(=O)=O)nc12. The molecule has 9 heteroatoms. The van der Waals surface area contributed by atoms with Gasteiger partial charge in [-0.3, -0.25) is 9.69 Å². The maximum atomic E-state index is 13.5. The number of likely N-dealkylation sites (N-methyl/N-ethyl adjacent to an activating group) is 1. The first-order chi connectivity index (χ1) is 14.1. The van der Waals surface area contributed by atoms with Crippen LogP contribution in [0.15, 0.2) is 41.3 Å². The quantitative estimate of drug-likeness (QED) is 0.553. The summed E-state index contributed by atoms with van der Waals surface area (Å²) in [5, 5.41) is 0.507. The minimum atomic E-state index is -3.56. The second kappa shape index (κ2) is 8.71. The van der Waals surface area contributed by atoms with E-state index in [1.54, 1.807) is 30.2 Å². The van der Waals surface area contributed by atoms with Crippen LogP contribution < -0.4 is 9.64 Å². The average molecular weight is 448 g/mol. The number of hydrogen-bond donors (Lipinski definition) is 0. The molecule has 0 aliphatic carbocycles. The second-order valence-corrected chi connectivity index (χ2v) is 10.2. The molecule has 1 amide bonds. The van der Waals surface area contributed by atoms with Gasteiger partial charge >= 0.3 is 0 Å². The lowest BCUT2D eigenvalue weighted by Crippen LogP contribution is -2.37. The zero-order chi connectivity index (χ0) is 22.1. The molecule has 1 heterocycles. The Bertz CT molecular complexity index is 1190. The number of methoxy groups -OCH3 is 1. The Balaban J connectivity index is 2.14. The summed E-state index contributed by atoms with van der Waals surface area (Å²) in [5.74, 6) is 0.239. The van der Waals surface area contributed by atoms with E-state index >= 15 is 0 Å². The van der Waals surface area contributed by atoms with Crippen molar-refractivity contribution in [2.75, 3.05) is 45.5 Å². The number of ether oxygens (including phenoxy) is 1. The van der Waals surface area contributed by atoms with Crippen molar-refractivity contribution < 1.29 is 17.9 Å². The van der Waals surface area contributed by atoms with Gasteiger partial charge in [-0.1, -0.05) is 29.5 Å². The molecular weight excluding hydrogens is 422 g/mol. The molecule has 160 valence electrons. The number of benzene rings is 2. The Morgan fingerprint density at radius 1 is 1.13 bits per heavy atom. The van der Waals surface area contributed by atoms with E-state index in [0.717, 1.165) is 16.5 Å². The fourth-order valence-corrected chi connectivity index (χ4v) is 5.03. The average Bonchev–Trinajstić information content (AvgIpc) is 3.13. The van der Waals surface area contributed by atoms with Crippen molar-refractivity contribution in [2.45, 2.75) is 11.8 Å². The fraction of sp³-hybridized carbons (Fsp3) is 0.333. The molecule has 1 aromatic heterocycles. The Labute approximate surface area is 180 Å². The zero-order valence-corrected chi connectivity index (χ0v) is 19.3. The lowest BCUT2D eigenvalue weighted by Gasteiger charge is -2.22. The molecular formula is C21H25N3O4S2. The van der Waals surface area contributed by atoms with Crippen molar-refractivity contribution in [3.63, 3.8) is 0 Å². The highest BCUT2D eigenvalue weighted by molar-refractivity contribution is 7.90. The molecule has 0 saturated heterocycles. The van der Waals surface area contributed by atoms with E-state index in [9.17, 15) is 13.2 Å². The van der Waals surface area contributed by atoms with Crippen molar-refractivity contribution in [1.29, 1.82) is 0 Å². The van der Waals surface area contributed by atoms with Crippen molar-refractivity contribution in [2.24, 2.45) is 0 Å². The van der Waals surface area contributed by atoms with Gasteiger partial charge in [-0.2, -0.15) is 0 Å². The van der Waals surface area contributed by atoms with Crippen molar-refractivity contribution >= 4 is 42.4 Å². The summed E-state index contributed by atoms with van der Waals surface area (Å²) >= 11 is 1.40. The molecule has 0 atom stereocenters. The van der Waals surface area contributed by atoms with Crippen LogP contribution in [0, 0.1) is 6.92 Å². The predicted octanol–water partition coefficient (Wildman–Crippen LogP) is 3.23. The summed E-state index contributed by atoms with van der Waals surface area (Å²) in [4.78, 5) is 21.7. The normalized spacial score (nSPS) is 11.8. The van der Waals surface area contributed by atoms with Gasteiger partial charge in [0.05, 0.1) is 22.3 Å². The minimum Gasteiger partial charge on any atom is -0.494 e. The third-order valence-electron chi connectivity index (χ3n) is 4.68. The van der Waals surface area contributed by atoms with E-state index in [4.69, 9.17) is 9.72 Å². The molecule has 30 heavy (non-hydrogen) atoms. The van der Waals surface area contributed by atoms with Crippen LogP contribution in [0.3, 0.4) is 0 Å². The number of aryl methyl sites for hydroxylation is 1. The highest BCUT2D eigenvalue weighted by Crippen LogP contribution is 2.37. The van der Waals surface area contributed by atoms with E-state index < -0.39 is 15.7 Å². The number of amides is 1. The predicted molar refractivity (Wildman–Crippen MR) is 121 cm³/mol. The highest BCUT2D eigenvalue weighted by atomic mass is 32.2. The van der Waals surface area contributed by atoms with Crippen LogP contribution in [0.25, 0.3) is 10.2 Å². The molecule has 0 spiro atoms. The van der Waals surface area contributed by atoms with E-state index in [1.165, 1.54) is 17.4 Å². The molecule has 0 unspecified atom stereocenters. The van der Waals surface area contributed by atoms with Crippen LogP contribution in [0.2, 0.25) is 0 Å². The Hall–Kier alpha value is -2.49. The number of carbonyl (C=O) groups is 1. The van der Waals surface area contributed by atoms with E-state index in [-0.39, 0.29) is 10.5 Å². The van der Waals surface area contributed by atoms with Crippen LogP contribution in [0.4, 0.5) is 5.13 Å². The third-order valence-corrected chi connectivity index (χ3v) is 7.04. The Kier molecular flexibility index (Phi) is 6.44. The van der Waals surface area contributed by atoms with Gasteiger partial charge in [-0.25, -0.2) is 13.4 Å². The van der Waals surface area contributed by atoms with Crippen LogP contribution in [0.1, 0.15) is 15.9 Å². The highest BCUT2D eigenvalue weighted by Gasteiger charge is 2.27. The Morgan fingerprint density at radius 3 is 2.47 bits per heavy atom. The van der Waals surface area contributed by atoms with Gasteiger partial charge in [-0.05, 0) is 44.8 Å². The van der Waals surface area contributed by atoms with E-state index in [2.05, 4.69) is 0 Å². The van der Waals surface area contributed by atoms with Gasteiger partial charge in [0.15, 0.2) is 15.0 Å². The molecule has 0 saturated carbocycles. The number of thiazole rings is 1. The number of carbonyl (C=O) groups excluding carboxylic acids is 1. The first-order valence-corrected chi connectivity index (χ1v) is 12.0. The molecule has 0 bridgehead atoms. The number of nitrogens with zero attached hydrogens (tertiary/aromatic N) is 3. The molecule has 0 aliphatic heterocycles. The minimum absolute atomic E-state index is 0.0136. The van der Waals surface area contributed by atoms with Crippen LogP contribution in [-0.2, 0) is 9.84 Å². The Morgan fingerprint density at radius 2 is 1.83 bits per heavy atom. The number of aromatic nitrogens is 1. The topological polar surface area (TPSA) is 79.8 Å². The molecule has 7 nitrogen and oxygen atoms in total. The molecule has 3 aromatic rings. The molecule has 3 rings (SSSR count). The molecule has 0 fully saturated rings. The van der Waals surface area contributed by atoms with Crippen molar-refractivity contribution in [1.82, 2.24) is 9.88 Å². The van der Waals surface area contributed by atoms with Gasteiger partial charge in [0.25, 0.3) is 5.91 Å². The first kappa shape index (κ1) is 22.2. The third kappa shape index (κ3) is 4.48. The largest absolute Gasteiger partial charge is 0.494 e. The zero-order valence-electron chi connectivity index (χ0n) is 17.7. The summed E-state index contributed by atoms with van der Waals surface area (Å²) in [6, 6.07) is 10.1. The number of hydrogen-bond acceptors (Lipinski definition) is 7. The lowest BCUT2D eigenvalue weighted by molar-refractivity contribution is 0.0982. The van der Waals surface area contributed by atoms with Gasteiger partial charge < -0.3 is 9.64 Å². The molecule has 0 radical (unpaired) electrons. The molecule has 0 aliphatic rings. The maximum Gasteiger partial charge on any atom is 0.261 e. The summed E-state index contributed by atoms with van der Waals surface area (Å²) in [7, 11) is 1.85. The standard InChI is InChI=1S/C21H25N3O4S2/c1-14-10-11-16(28-4)18-19(14)29-21(22-18)24(13-12-23(2)3)20(25)15-8-6-7-9-17(15)30(5,26)27/h6-11H,12-13H2,1-5H3. The molecule has 2 aromatic carbocycles. The maximum absolute atomic E-state index is 13.5. The summed E-state index contributed by atoms with van der Waals surface area (Å²) in [6.45, 7) is 2.94. The lowest BCUT2D eigenvalue weighted by atomic mass is 10.2. The molecule has 0 N–H and O–H groups in total. The smallest absolute Gasteiger partial charge is 0.261 e.